The molecule has 0 aromatic heterocycles. The standard InChI is InChI=1S/C19H17FN2/c20-17-10-14(13-21)9-16(11-17)15-5-4-8-19(12-15)22-18-6-2-1-3-7-18/h1-12,22H,13,21H2. The smallest absolute Gasteiger partial charge is 0.124 e. The SMILES string of the molecule is NCc1cc(F)cc(-c2cccc(Nc3ccccc3)c2)c1. The Hall–Kier alpha value is -2.65. The molecule has 0 spiro atoms. The van der Waals surface area contributed by atoms with Gasteiger partial charge in [-0.25, -0.2) is 4.39 Å². The lowest BCUT2D eigenvalue weighted by molar-refractivity contribution is 0.626. The summed E-state index contributed by atoms with van der Waals surface area (Å²) in [6.45, 7) is 0.326. The van der Waals surface area contributed by atoms with Crippen molar-refractivity contribution in [1.82, 2.24) is 0 Å². The van der Waals surface area contributed by atoms with Gasteiger partial charge in [-0.05, 0) is 59.2 Å². The van der Waals surface area contributed by atoms with E-state index in [0.29, 0.717) is 6.54 Å². The van der Waals surface area contributed by atoms with Gasteiger partial charge in [0, 0.05) is 17.9 Å². The van der Waals surface area contributed by atoms with Crippen LogP contribution in [0.3, 0.4) is 0 Å². The van der Waals surface area contributed by atoms with Gasteiger partial charge in [0.25, 0.3) is 0 Å². The summed E-state index contributed by atoms with van der Waals surface area (Å²) < 4.78 is 13.7. The highest BCUT2D eigenvalue weighted by molar-refractivity contribution is 5.71. The highest BCUT2D eigenvalue weighted by Gasteiger charge is 2.04. The number of hydrogen-bond acceptors (Lipinski definition) is 2. The van der Waals surface area contributed by atoms with Gasteiger partial charge >= 0.3 is 0 Å². The quantitative estimate of drug-likeness (QED) is 0.731. The van der Waals surface area contributed by atoms with Crippen molar-refractivity contribution in [1.29, 1.82) is 0 Å². The van der Waals surface area contributed by atoms with Gasteiger partial charge in [-0.3, -0.25) is 0 Å². The van der Waals surface area contributed by atoms with Crippen LogP contribution in [-0.4, -0.2) is 0 Å². The van der Waals surface area contributed by atoms with Crippen molar-refractivity contribution in [2.24, 2.45) is 5.73 Å². The van der Waals surface area contributed by atoms with E-state index in [-0.39, 0.29) is 5.82 Å². The predicted molar refractivity (Wildman–Crippen MR) is 89.5 cm³/mol. The molecule has 2 nitrogen and oxygen atoms in total. The number of hydrogen-bond donors (Lipinski definition) is 2. The van der Waals surface area contributed by atoms with Crippen molar-refractivity contribution in [3.8, 4) is 11.1 Å². The van der Waals surface area contributed by atoms with Gasteiger partial charge in [0.2, 0.25) is 0 Å². The van der Waals surface area contributed by atoms with Crippen molar-refractivity contribution in [2.75, 3.05) is 5.32 Å². The van der Waals surface area contributed by atoms with Gasteiger partial charge in [0.15, 0.2) is 0 Å². The van der Waals surface area contributed by atoms with Crippen LogP contribution in [0.1, 0.15) is 5.56 Å². The summed E-state index contributed by atoms with van der Waals surface area (Å²) in [5, 5.41) is 3.34. The van der Waals surface area contributed by atoms with Gasteiger partial charge in [-0.15, -0.1) is 0 Å². The van der Waals surface area contributed by atoms with E-state index in [2.05, 4.69) is 5.32 Å². The fourth-order valence-corrected chi connectivity index (χ4v) is 2.40. The fraction of sp³-hybridized carbons (Fsp3) is 0.0526. The largest absolute Gasteiger partial charge is 0.356 e. The predicted octanol–water partition coefficient (Wildman–Crippen LogP) is 4.70. The molecule has 22 heavy (non-hydrogen) atoms. The molecule has 0 saturated heterocycles. The first kappa shape index (κ1) is 14.3. The lowest BCUT2D eigenvalue weighted by Crippen LogP contribution is -1.97. The molecule has 0 saturated carbocycles. The van der Waals surface area contributed by atoms with E-state index in [9.17, 15) is 4.39 Å². The minimum absolute atomic E-state index is 0.264. The zero-order valence-corrected chi connectivity index (χ0v) is 12.1. The lowest BCUT2D eigenvalue weighted by Gasteiger charge is -2.10. The van der Waals surface area contributed by atoms with Crippen LogP contribution < -0.4 is 11.1 Å². The van der Waals surface area contributed by atoms with Crippen molar-refractivity contribution < 1.29 is 4.39 Å². The molecule has 0 aliphatic carbocycles. The summed E-state index contributed by atoms with van der Waals surface area (Å²) in [6.07, 6.45) is 0. The number of benzene rings is 3. The molecule has 3 aromatic carbocycles. The summed E-state index contributed by atoms with van der Waals surface area (Å²) in [5.41, 5.74) is 10.2. The first-order valence-corrected chi connectivity index (χ1v) is 7.16. The lowest BCUT2D eigenvalue weighted by atomic mass is 10.0. The number of halogens is 1. The number of para-hydroxylation sites is 1. The molecule has 3 aromatic rings. The Morgan fingerprint density at radius 1 is 0.773 bits per heavy atom. The number of nitrogens with one attached hydrogen (secondary N) is 1. The molecule has 3 rings (SSSR count). The van der Waals surface area contributed by atoms with Crippen LogP contribution in [0.5, 0.6) is 0 Å². The zero-order chi connectivity index (χ0) is 15.4. The molecule has 3 N–H and O–H groups in total. The Morgan fingerprint density at radius 2 is 1.55 bits per heavy atom. The first-order valence-electron chi connectivity index (χ1n) is 7.16. The Balaban J connectivity index is 1.92. The van der Waals surface area contributed by atoms with Crippen molar-refractivity contribution in [3.05, 3.63) is 84.2 Å². The Bertz CT molecular complexity index is 769. The Morgan fingerprint density at radius 3 is 2.32 bits per heavy atom. The van der Waals surface area contributed by atoms with Crippen LogP contribution in [0.25, 0.3) is 11.1 Å². The number of anilines is 2. The Labute approximate surface area is 129 Å². The summed E-state index contributed by atoms with van der Waals surface area (Å²) >= 11 is 0. The molecular formula is C19H17FN2. The molecule has 0 amide bonds. The minimum atomic E-state index is -0.264. The van der Waals surface area contributed by atoms with Gasteiger partial charge in [-0.1, -0.05) is 30.3 Å². The van der Waals surface area contributed by atoms with E-state index in [0.717, 1.165) is 28.1 Å². The van der Waals surface area contributed by atoms with E-state index < -0.39 is 0 Å². The van der Waals surface area contributed by atoms with Crippen LogP contribution in [0, 0.1) is 5.82 Å². The molecule has 0 aliphatic heterocycles. The monoisotopic (exact) mass is 292 g/mol. The molecule has 110 valence electrons. The maximum absolute atomic E-state index is 13.7. The van der Waals surface area contributed by atoms with E-state index in [4.69, 9.17) is 5.73 Å². The van der Waals surface area contributed by atoms with Gasteiger partial charge < -0.3 is 11.1 Å². The van der Waals surface area contributed by atoms with E-state index in [1.807, 2.05) is 60.7 Å². The number of rotatable bonds is 4. The van der Waals surface area contributed by atoms with Gasteiger partial charge in [0.05, 0.1) is 0 Å². The van der Waals surface area contributed by atoms with Crippen LogP contribution in [-0.2, 0) is 6.54 Å². The topological polar surface area (TPSA) is 38.0 Å². The molecule has 0 bridgehead atoms. The molecule has 0 fully saturated rings. The second-order valence-electron chi connectivity index (χ2n) is 5.12. The highest BCUT2D eigenvalue weighted by Crippen LogP contribution is 2.26. The molecular weight excluding hydrogens is 275 g/mol. The van der Waals surface area contributed by atoms with E-state index >= 15 is 0 Å². The van der Waals surface area contributed by atoms with Crippen molar-refractivity contribution in [3.63, 3.8) is 0 Å². The van der Waals surface area contributed by atoms with Crippen LogP contribution in [0.4, 0.5) is 15.8 Å². The van der Waals surface area contributed by atoms with E-state index in [1.54, 1.807) is 0 Å². The second-order valence-corrected chi connectivity index (χ2v) is 5.12. The maximum Gasteiger partial charge on any atom is 0.124 e. The summed E-state index contributed by atoms with van der Waals surface area (Å²) in [4.78, 5) is 0. The third-order valence-electron chi connectivity index (χ3n) is 3.45. The van der Waals surface area contributed by atoms with Crippen LogP contribution in [0.2, 0.25) is 0 Å². The van der Waals surface area contributed by atoms with Gasteiger partial charge in [0.1, 0.15) is 5.82 Å². The van der Waals surface area contributed by atoms with Crippen LogP contribution >= 0.6 is 0 Å². The third-order valence-corrected chi connectivity index (χ3v) is 3.45. The number of nitrogens with two attached hydrogens (primary N) is 1. The van der Waals surface area contributed by atoms with Gasteiger partial charge in [-0.2, -0.15) is 0 Å². The van der Waals surface area contributed by atoms with Crippen LogP contribution in [0.15, 0.2) is 72.8 Å². The summed E-state index contributed by atoms with van der Waals surface area (Å²) in [7, 11) is 0. The molecule has 0 unspecified atom stereocenters. The van der Waals surface area contributed by atoms with E-state index in [1.165, 1.54) is 12.1 Å². The molecule has 3 heteroatoms. The maximum atomic E-state index is 13.7. The summed E-state index contributed by atoms with van der Waals surface area (Å²) in [5.74, 6) is -0.264. The molecule has 0 aliphatic rings. The minimum Gasteiger partial charge on any atom is -0.356 e. The van der Waals surface area contributed by atoms with Crippen molar-refractivity contribution >= 4 is 11.4 Å². The zero-order valence-electron chi connectivity index (χ0n) is 12.1. The average molecular weight is 292 g/mol. The molecule has 0 heterocycles. The summed E-state index contributed by atoms with van der Waals surface area (Å²) in [6, 6.07) is 22.8. The Kier molecular flexibility index (Phi) is 4.17. The first-order chi connectivity index (χ1) is 10.7. The highest BCUT2D eigenvalue weighted by atomic mass is 19.1. The average Bonchev–Trinajstić information content (AvgIpc) is 2.55. The molecule has 0 radical (unpaired) electrons. The van der Waals surface area contributed by atoms with Crippen molar-refractivity contribution in [2.45, 2.75) is 6.54 Å². The molecule has 0 atom stereocenters. The second kappa shape index (κ2) is 6.41. The normalized spacial score (nSPS) is 10.5. The third kappa shape index (κ3) is 3.32. The fourth-order valence-electron chi connectivity index (χ4n) is 2.40.